The molecule has 0 rings (SSSR count). The molecule has 0 heterocycles. The highest BCUT2D eigenvalue weighted by molar-refractivity contribution is 7.47. The molecule has 618 valence electrons. The normalized spacial score (nSPS) is 14.9. The Morgan fingerprint density at radius 2 is 0.473 bits per heavy atom. The summed E-state index contributed by atoms with van der Waals surface area (Å²) in [6.07, 6.45) is 102. The van der Waals surface area contributed by atoms with Gasteiger partial charge in [-0.1, -0.05) is 291 Å². The van der Waals surface area contributed by atoms with E-state index in [0.29, 0.717) is 38.5 Å². The van der Waals surface area contributed by atoms with Gasteiger partial charge in [0.1, 0.15) is 19.3 Å². The fourth-order valence-corrected chi connectivity index (χ4v) is 11.5. The summed E-state index contributed by atoms with van der Waals surface area (Å²) in [7, 11) is -10.0. The Kier molecular flexibility index (Phi) is 75.6. The molecule has 0 fully saturated rings. The number of esters is 4. The second-order valence-corrected chi connectivity index (χ2v) is 29.1. The van der Waals surface area contributed by atoms with E-state index < -0.39 is 97.5 Å². The molecule has 0 aromatic heterocycles. The first-order chi connectivity index (χ1) is 53.7. The molecule has 0 bridgehead atoms. The Bertz CT molecular complexity index is 2950. The molecule has 0 aliphatic heterocycles. The number of phosphoric acid groups is 2. The van der Waals surface area contributed by atoms with Crippen LogP contribution in [0.4, 0.5) is 0 Å². The molecule has 110 heavy (non-hydrogen) atoms. The van der Waals surface area contributed by atoms with Crippen molar-refractivity contribution < 1.29 is 80.2 Å². The van der Waals surface area contributed by atoms with Crippen LogP contribution in [0.1, 0.15) is 272 Å². The van der Waals surface area contributed by atoms with Crippen molar-refractivity contribution in [2.45, 2.75) is 290 Å². The van der Waals surface area contributed by atoms with Crippen LogP contribution in [0.5, 0.6) is 0 Å². The standard InChI is InChI=1S/C91H142O17P2/c1-5-9-13-17-21-25-29-33-37-40-42-45-48-51-55-59-63-67-71-75-88(93)101-81-86(107-90(95)77-73-69-65-61-57-53-47-36-32-28-24-20-16-12-8-4)83-105-109(97,98)103-79-85(92)80-104-110(99,100)106-84-87(108-91(96)78-74-70-66-62-58-54-50-44-39-35-31-27-23-19-15-11-7-3)82-102-89(94)76-72-68-64-60-56-52-49-46-43-41-38-34-30-26-22-18-14-10-6-2/h9-16,21-28,33-39,42-43,45-47,50-51,54-55,62-63,66-67,85-87,92H,5-8,17-20,29-32,40-41,44,48-49,52-53,56-61,64-65,68-84H2,1-4H3,(H,97,98)(H,99,100)/b13-9-,14-10-,15-11-,16-12-,25-21-,26-22-,27-23-,28-24-,37-33-,38-34-,39-35-,45-42-,46-43-,47-36-,54-50-,55-51-,66-62-,67-63-. The Morgan fingerprint density at radius 1 is 0.255 bits per heavy atom. The molecule has 19 heteroatoms. The van der Waals surface area contributed by atoms with Crippen LogP contribution in [0.2, 0.25) is 0 Å². The lowest BCUT2D eigenvalue weighted by Gasteiger charge is -2.21. The molecule has 5 atom stereocenters. The largest absolute Gasteiger partial charge is 0.472 e. The van der Waals surface area contributed by atoms with Gasteiger partial charge in [0.2, 0.25) is 0 Å². The fourth-order valence-electron chi connectivity index (χ4n) is 9.87. The Balaban J connectivity index is 5.54. The molecular weight excluding hydrogens is 1430 g/mol. The average molecular weight is 1570 g/mol. The van der Waals surface area contributed by atoms with Crippen LogP contribution in [0.15, 0.2) is 219 Å². The number of unbranched alkanes of at least 4 members (excludes halogenated alkanes) is 12. The first-order valence-electron chi connectivity index (χ1n) is 41.0. The van der Waals surface area contributed by atoms with Gasteiger partial charge >= 0.3 is 39.5 Å². The van der Waals surface area contributed by atoms with Gasteiger partial charge in [-0.2, -0.15) is 0 Å². The lowest BCUT2D eigenvalue weighted by Crippen LogP contribution is -2.30. The monoisotopic (exact) mass is 1570 g/mol. The predicted octanol–water partition coefficient (Wildman–Crippen LogP) is 24.4. The van der Waals surface area contributed by atoms with Gasteiger partial charge in [0.15, 0.2) is 12.2 Å². The van der Waals surface area contributed by atoms with Gasteiger partial charge in [0.25, 0.3) is 0 Å². The van der Waals surface area contributed by atoms with Crippen LogP contribution in [0.25, 0.3) is 0 Å². The Morgan fingerprint density at radius 3 is 0.773 bits per heavy atom. The third-order valence-electron chi connectivity index (χ3n) is 15.9. The second-order valence-electron chi connectivity index (χ2n) is 26.2. The molecule has 3 N–H and O–H groups in total. The smallest absolute Gasteiger partial charge is 0.462 e. The van der Waals surface area contributed by atoms with Crippen molar-refractivity contribution in [3.8, 4) is 0 Å². The summed E-state index contributed by atoms with van der Waals surface area (Å²) in [5.41, 5.74) is 0. The van der Waals surface area contributed by atoms with Gasteiger partial charge in [-0.3, -0.25) is 37.3 Å². The van der Waals surface area contributed by atoms with Crippen LogP contribution in [0, 0.1) is 0 Å². The van der Waals surface area contributed by atoms with Crippen LogP contribution >= 0.6 is 15.6 Å². The van der Waals surface area contributed by atoms with Gasteiger partial charge in [0.05, 0.1) is 26.4 Å². The van der Waals surface area contributed by atoms with E-state index >= 15 is 0 Å². The summed E-state index contributed by atoms with van der Waals surface area (Å²) in [6, 6.07) is 0. The minimum atomic E-state index is -5.02. The molecule has 0 aliphatic rings. The number of allylic oxidation sites excluding steroid dienone is 36. The Labute approximate surface area is 664 Å². The summed E-state index contributed by atoms with van der Waals surface area (Å²) in [4.78, 5) is 73.1. The van der Waals surface area contributed by atoms with E-state index in [0.717, 1.165) is 180 Å². The van der Waals surface area contributed by atoms with E-state index in [1.54, 1.807) is 0 Å². The molecule has 0 saturated heterocycles. The van der Waals surface area contributed by atoms with Crippen molar-refractivity contribution in [2.24, 2.45) is 0 Å². The highest BCUT2D eigenvalue weighted by Crippen LogP contribution is 2.45. The highest BCUT2D eigenvalue weighted by Gasteiger charge is 2.30. The summed E-state index contributed by atoms with van der Waals surface area (Å²) < 4.78 is 68.5. The van der Waals surface area contributed by atoms with Crippen molar-refractivity contribution in [2.75, 3.05) is 39.6 Å². The number of hydrogen-bond acceptors (Lipinski definition) is 15. The van der Waals surface area contributed by atoms with Crippen LogP contribution < -0.4 is 0 Å². The zero-order valence-electron chi connectivity index (χ0n) is 67.6. The number of rotatable bonds is 74. The maximum Gasteiger partial charge on any atom is 0.472 e. The number of hydrogen-bond donors (Lipinski definition) is 3. The molecular formula is C91H142O17P2. The molecule has 0 aromatic carbocycles. The lowest BCUT2D eigenvalue weighted by molar-refractivity contribution is -0.161. The quantitative estimate of drug-likeness (QED) is 0.0169. The molecule has 0 saturated carbocycles. The van der Waals surface area contributed by atoms with E-state index in [4.69, 9.17) is 37.0 Å². The molecule has 0 amide bonds. The van der Waals surface area contributed by atoms with Crippen molar-refractivity contribution in [1.82, 2.24) is 0 Å². The zero-order valence-corrected chi connectivity index (χ0v) is 69.4. The van der Waals surface area contributed by atoms with E-state index in [2.05, 4.69) is 216 Å². The molecule has 0 spiro atoms. The summed E-state index contributed by atoms with van der Waals surface area (Å²) in [5.74, 6) is -2.40. The first kappa shape index (κ1) is 103. The maximum atomic E-state index is 13.1. The summed E-state index contributed by atoms with van der Waals surface area (Å²) in [5, 5.41) is 10.7. The molecule has 0 aliphatic carbocycles. The zero-order chi connectivity index (χ0) is 80.3. The summed E-state index contributed by atoms with van der Waals surface area (Å²) in [6.45, 7) is 4.20. The third-order valence-corrected chi connectivity index (χ3v) is 17.8. The fraction of sp³-hybridized carbons (Fsp3) is 0.560. The predicted molar refractivity (Wildman–Crippen MR) is 454 cm³/mol. The summed E-state index contributed by atoms with van der Waals surface area (Å²) >= 11 is 0. The van der Waals surface area contributed by atoms with Gasteiger partial charge in [-0.05, 0) is 173 Å². The average Bonchev–Trinajstić information content (AvgIpc) is 0.899. The minimum absolute atomic E-state index is 0.00170. The Hall–Kier alpha value is -6.62. The van der Waals surface area contributed by atoms with Gasteiger partial charge in [0, 0.05) is 25.7 Å². The minimum Gasteiger partial charge on any atom is -0.462 e. The van der Waals surface area contributed by atoms with Crippen molar-refractivity contribution >= 4 is 39.5 Å². The second kappa shape index (κ2) is 80.4. The van der Waals surface area contributed by atoms with E-state index in [1.165, 1.54) is 0 Å². The number of carbonyl (C=O) groups excluding carboxylic acids is 4. The number of carbonyl (C=O) groups is 4. The molecule has 17 nitrogen and oxygen atoms in total. The van der Waals surface area contributed by atoms with Gasteiger partial charge in [-0.15, -0.1) is 0 Å². The first-order valence-corrected chi connectivity index (χ1v) is 44.0. The van der Waals surface area contributed by atoms with Gasteiger partial charge in [-0.25, -0.2) is 9.13 Å². The van der Waals surface area contributed by atoms with E-state index in [9.17, 15) is 43.2 Å². The number of phosphoric ester groups is 2. The number of ether oxygens (including phenoxy) is 4. The van der Waals surface area contributed by atoms with Crippen molar-refractivity contribution in [1.29, 1.82) is 0 Å². The molecule has 0 aromatic rings. The maximum absolute atomic E-state index is 13.1. The lowest BCUT2D eigenvalue weighted by atomic mass is 10.1. The van der Waals surface area contributed by atoms with E-state index in [1.807, 2.05) is 30.4 Å². The number of aliphatic hydroxyl groups is 1. The number of aliphatic hydroxyl groups excluding tert-OH is 1. The molecule has 5 unspecified atom stereocenters. The SMILES string of the molecule is CC/C=C\C/C=C\C/C=C\C/C=C\C/C=C\C/C=C\CCC(=O)OCC(COP(=O)(O)OCC(O)COP(=O)(O)OCC(COC(=O)CCCCCCCC/C=C\C/C=C\C/C=C\C/C=C\CC)OC(=O)CCC/C=C\C/C=C\C/C=C\C/C=C\C/C=C\CC)OC(=O)CCCCCCC/C=C\C/C=C\C/C=C\CC. The molecule has 0 radical (unpaired) electrons. The third kappa shape index (κ3) is 79.5. The van der Waals surface area contributed by atoms with Crippen LogP contribution in [0.3, 0.4) is 0 Å². The topological polar surface area (TPSA) is 237 Å². The van der Waals surface area contributed by atoms with Crippen molar-refractivity contribution in [3.63, 3.8) is 0 Å². The van der Waals surface area contributed by atoms with Crippen LogP contribution in [-0.4, -0.2) is 96.7 Å². The van der Waals surface area contributed by atoms with Crippen LogP contribution in [-0.2, 0) is 65.4 Å². The van der Waals surface area contributed by atoms with E-state index in [-0.39, 0.29) is 25.7 Å². The highest BCUT2D eigenvalue weighted by atomic mass is 31.2. The van der Waals surface area contributed by atoms with Gasteiger partial charge < -0.3 is 33.8 Å². The van der Waals surface area contributed by atoms with Crippen molar-refractivity contribution in [3.05, 3.63) is 219 Å².